The van der Waals surface area contributed by atoms with Crippen LogP contribution in [0.4, 0.5) is 5.82 Å². The number of rotatable bonds is 7. The van der Waals surface area contributed by atoms with Crippen molar-refractivity contribution in [1.29, 1.82) is 0 Å². The van der Waals surface area contributed by atoms with Gasteiger partial charge in [-0.3, -0.25) is 4.79 Å². The van der Waals surface area contributed by atoms with Gasteiger partial charge in [-0.1, -0.05) is 13.3 Å². The summed E-state index contributed by atoms with van der Waals surface area (Å²) < 4.78 is 0. The summed E-state index contributed by atoms with van der Waals surface area (Å²) in [6.07, 6.45) is 3.03. The highest BCUT2D eigenvalue weighted by Crippen LogP contribution is 2.12. The highest BCUT2D eigenvalue weighted by molar-refractivity contribution is 5.75. The van der Waals surface area contributed by atoms with Crippen molar-refractivity contribution in [3.8, 4) is 0 Å². The van der Waals surface area contributed by atoms with Crippen LogP contribution >= 0.6 is 0 Å². The summed E-state index contributed by atoms with van der Waals surface area (Å²) in [5.41, 5.74) is 1.05. The molecule has 0 unspecified atom stereocenters. The van der Waals surface area contributed by atoms with Crippen LogP contribution in [0.25, 0.3) is 0 Å². The Kier molecular flexibility index (Phi) is 6.25. The van der Waals surface area contributed by atoms with E-state index in [4.69, 9.17) is 0 Å². The molecule has 1 rings (SSSR count). The molecule has 0 radical (unpaired) electrons. The molecule has 0 saturated heterocycles. The van der Waals surface area contributed by atoms with Gasteiger partial charge in [-0.05, 0) is 13.3 Å². The molecule has 0 bridgehead atoms. The molecule has 0 aliphatic heterocycles. The molecule has 0 spiro atoms. The molecule has 1 aromatic rings. The highest BCUT2D eigenvalue weighted by atomic mass is 16.1. The summed E-state index contributed by atoms with van der Waals surface area (Å²) in [7, 11) is 3.93. The summed E-state index contributed by atoms with van der Waals surface area (Å²) in [6.45, 7) is 4.71. The van der Waals surface area contributed by atoms with E-state index in [9.17, 15) is 4.79 Å². The maximum absolute atomic E-state index is 11.5. The molecule has 0 aliphatic carbocycles. The molecule has 19 heavy (non-hydrogen) atoms. The van der Waals surface area contributed by atoms with Crippen LogP contribution in [-0.4, -0.2) is 36.5 Å². The van der Waals surface area contributed by atoms with Crippen molar-refractivity contribution in [3.05, 3.63) is 17.6 Å². The van der Waals surface area contributed by atoms with Crippen molar-refractivity contribution in [2.24, 2.45) is 0 Å². The van der Waals surface area contributed by atoms with E-state index in [-0.39, 0.29) is 5.91 Å². The van der Waals surface area contributed by atoms with Gasteiger partial charge in [-0.25, -0.2) is 9.97 Å². The van der Waals surface area contributed by atoms with Gasteiger partial charge in [-0.15, -0.1) is 0 Å². The van der Waals surface area contributed by atoms with E-state index >= 15 is 0 Å². The van der Waals surface area contributed by atoms with Gasteiger partial charge < -0.3 is 10.2 Å². The molecule has 0 aromatic carbocycles. The minimum Gasteiger partial charge on any atom is -0.363 e. The Labute approximate surface area is 115 Å². The van der Waals surface area contributed by atoms with Crippen molar-refractivity contribution >= 4 is 11.7 Å². The zero-order valence-electron chi connectivity index (χ0n) is 12.4. The summed E-state index contributed by atoms with van der Waals surface area (Å²) >= 11 is 0. The van der Waals surface area contributed by atoms with E-state index in [1.807, 2.05) is 32.0 Å². The summed E-state index contributed by atoms with van der Waals surface area (Å²) in [5, 5.41) is 2.79. The average molecular weight is 264 g/mol. The number of aryl methyl sites for hydroxylation is 2. The predicted molar refractivity (Wildman–Crippen MR) is 77.4 cm³/mol. The number of nitrogens with zero attached hydrogens (tertiary/aromatic N) is 3. The number of hydrogen-bond acceptors (Lipinski definition) is 4. The second-order valence-corrected chi connectivity index (χ2v) is 4.73. The number of carbonyl (C=O) groups is 1. The van der Waals surface area contributed by atoms with Crippen LogP contribution < -0.4 is 10.2 Å². The van der Waals surface area contributed by atoms with E-state index in [1.54, 1.807) is 0 Å². The molecule has 0 saturated carbocycles. The summed E-state index contributed by atoms with van der Waals surface area (Å²) in [5.74, 6) is 1.71. The average Bonchev–Trinajstić information content (AvgIpc) is 2.37. The second kappa shape index (κ2) is 7.71. The highest BCUT2D eigenvalue weighted by Gasteiger charge is 2.08. The van der Waals surface area contributed by atoms with E-state index in [0.717, 1.165) is 30.2 Å². The SMILES string of the molecule is CCCc1cc(N(C)C)nc(CCC(=O)NCC)n1. The van der Waals surface area contributed by atoms with Gasteiger partial charge in [0, 0.05) is 45.2 Å². The molecule has 1 aromatic heterocycles. The molecule has 0 fully saturated rings. The van der Waals surface area contributed by atoms with Gasteiger partial charge in [-0.2, -0.15) is 0 Å². The largest absolute Gasteiger partial charge is 0.363 e. The first-order chi connectivity index (χ1) is 9.06. The van der Waals surface area contributed by atoms with Gasteiger partial charge in [0.1, 0.15) is 11.6 Å². The molecular formula is C14H24N4O. The first-order valence-corrected chi connectivity index (χ1v) is 6.87. The second-order valence-electron chi connectivity index (χ2n) is 4.73. The molecule has 0 atom stereocenters. The van der Waals surface area contributed by atoms with Gasteiger partial charge in [0.15, 0.2) is 0 Å². The number of aromatic nitrogens is 2. The van der Waals surface area contributed by atoms with Gasteiger partial charge in [0.25, 0.3) is 0 Å². The lowest BCUT2D eigenvalue weighted by Crippen LogP contribution is -2.23. The maximum Gasteiger partial charge on any atom is 0.220 e. The van der Waals surface area contributed by atoms with Gasteiger partial charge in [0.2, 0.25) is 5.91 Å². The number of carbonyl (C=O) groups excluding carboxylic acids is 1. The standard InChI is InChI=1S/C14H24N4O/c1-5-7-11-10-13(18(3)4)17-12(16-11)8-9-14(19)15-6-2/h10H,5-9H2,1-4H3,(H,15,19). The lowest BCUT2D eigenvalue weighted by Gasteiger charge is -2.14. The summed E-state index contributed by atoms with van der Waals surface area (Å²) in [4.78, 5) is 22.4. The number of hydrogen-bond donors (Lipinski definition) is 1. The fraction of sp³-hybridized carbons (Fsp3) is 0.643. The van der Waals surface area contributed by atoms with Crippen LogP contribution in [0.3, 0.4) is 0 Å². The monoisotopic (exact) mass is 264 g/mol. The predicted octanol–water partition coefficient (Wildman–Crippen LogP) is 1.56. The Morgan fingerprint density at radius 1 is 1.26 bits per heavy atom. The number of amides is 1. The first kappa shape index (κ1) is 15.4. The van der Waals surface area contributed by atoms with Crippen LogP contribution in [0.2, 0.25) is 0 Å². The van der Waals surface area contributed by atoms with Crippen molar-refractivity contribution in [3.63, 3.8) is 0 Å². The van der Waals surface area contributed by atoms with E-state index in [1.165, 1.54) is 0 Å². The van der Waals surface area contributed by atoms with Crippen molar-refractivity contribution in [2.45, 2.75) is 39.5 Å². The fourth-order valence-corrected chi connectivity index (χ4v) is 1.77. The molecule has 0 aliphatic rings. The van der Waals surface area contributed by atoms with Gasteiger partial charge >= 0.3 is 0 Å². The Morgan fingerprint density at radius 3 is 2.58 bits per heavy atom. The zero-order valence-corrected chi connectivity index (χ0v) is 12.4. The molecule has 1 amide bonds. The minimum absolute atomic E-state index is 0.0541. The van der Waals surface area contributed by atoms with Crippen LogP contribution in [0.1, 0.15) is 38.2 Å². The first-order valence-electron chi connectivity index (χ1n) is 6.87. The van der Waals surface area contributed by atoms with Crippen LogP contribution in [0.5, 0.6) is 0 Å². The van der Waals surface area contributed by atoms with Crippen molar-refractivity contribution in [2.75, 3.05) is 25.5 Å². The van der Waals surface area contributed by atoms with Crippen molar-refractivity contribution in [1.82, 2.24) is 15.3 Å². The maximum atomic E-state index is 11.5. The lowest BCUT2D eigenvalue weighted by atomic mass is 10.2. The Hall–Kier alpha value is -1.65. The Morgan fingerprint density at radius 2 is 2.00 bits per heavy atom. The smallest absolute Gasteiger partial charge is 0.220 e. The third-order valence-corrected chi connectivity index (χ3v) is 2.73. The Balaban J connectivity index is 2.78. The fourth-order valence-electron chi connectivity index (χ4n) is 1.77. The van der Waals surface area contributed by atoms with Gasteiger partial charge in [0.05, 0.1) is 0 Å². The Bertz CT molecular complexity index is 418. The third kappa shape index (κ3) is 5.24. The third-order valence-electron chi connectivity index (χ3n) is 2.73. The topological polar surface area (TPSA) is 58.1 Å². The van der Waals surface area contributed by atoms with Crippen LogP contribution in [0, 0.1) is 0 Å². The minimum atomic E-state index is 0.0541. The van der Waals surface area contributed by atoms with E-state index in [0.29, 0.717) is 19.4 Å². The van der Waals surface area contributed by atoms with E-state index < -0.39 is 0 Å². The van der Waals surface area contributed by atoms with Crippen molar-refractivity contribution < 1.29 is 4.79 Å². The molecule has 5 heteroatoms. The van der Waals surface area contributed by atoms with Crippen LogP contribution in [-0.2, 0) is 17.6 Å². The molecule has 106 valence electrons. The molecule has 1 N–H and O–H groups in total. The quantitative estimate of drug-likeness (QED) is 0.812. The van der Waals surface area contributed by atoms with Crippen LogP contribution in [0.15, 0.2) is 6.07 Å². The normalized spacial score (nSPS) is 10.3. The molecule has 1 heterocycles. The lowest BCUT2D eigenvalue weighted by molar-refractivity contribution is -0.120. The molecule has 5 nitrogen and oxygen atoms in total. The number of nitrogens with one attached hydrogen (secondary N) is 1. The zero-order chi connectivity index (χ0) is 14.3. The van der Waals surface area contributed by atoms with E-state index in [2.05, 4.69) is 22.2 Å². The summed E-state index contributed by atoms with van der Waals surface area (Å²) in [6, 6.07) is 2.01. The molecular weight excluding hydrogens is 240 g/mol. The number of anilines is 1.